The summed E-state index contributed by atoms with van der Waals surface area (Å²) in [6.07, 6.45) is 0. The highest BCUT2D eigenvalue weighted by Gasteiger charge is 1.88. The summed E-state index contributed by atoms with van der Waals surface area (Å²) in [6, 6.07) is 0. The maximum Gasteiger partial charge on any atom is 0.296 e. The van der Waals surface area contributed by atoms with Gasteiger partial charge in [0, 0.05) is 0 Å². The smallest absolute Gasteiger partial charge is 0.296 e. The molecule has 0 amide bonds. The topological polar surface area (TPSA) is 40.5 Å². The Morgan fingerprint density at radius 3 is 1.33 bits per heavy atom. The zero-order chi connectivity index (χ0) is 5.15. The molecular weight excluding hydrogens is 216 g/mol. The molecule has 0 radical (unpaired) electrons. The molecule has 2 N–H and O–H groups in total. The van der Waals surface area contributed by atoms with Crippen molar-refractivity contribution in [1.29, 1.82) is 0 Å². The second-order valence-electron chi connectivity index (χ2n) is 0.584. The molecule has 0 aliphatic heterocycles. The van der Waals surface area contributed by atoms with Gasteiger partial charge in [0.05, 0.1) is 0 Å². The summed E-state index contributed by atoms with van der Waals surface area (Å²) in [5.41, 5.74) is 0. The van der Waals surface area contributed by atoms with Crippen molar-refractivity contribution in [3.8, 4) is 0 Å². The van der Waals surface area contributed by atoms with Gasteiger partial charge in [0.15, 0.2) is 0 Å². The van der Waals surface area contributed by atoms with E-state index in [0.29, 0.717) is 0 Å². The Balaban J connectivity index is 3.68. The van der Waals surface area contributed by atoms with Crippen molar-refractivity contribution < 1.29 is 10.2 Å². The summed E-state index contributed by atoms with van der Waals surface area (Å²) in [5, 5.41) is 15.9. The highest BCUT2D eigenvalue weighted by molar-refractivity contribution is 9.28. The third-order valence-electron chi connectivity index (χ3n) is 0.169. The summed E-state index contributed by atoms with van der Waals surface area (Å²) in [6.45, 7) is 0. The minimum atomic E-state index is -0.741. The molecule has 0 atom stereocenters. The molecule has 0 bridgehead atoms. The molecule has 0 saturated heterocycles. The van der Waals surface area contributed by atoms with E-state index < -0.39 is 5.95 Å². The van der Waals surface area contributed by atoms with Crippen molar-refractivity contribution in [2.75, 3.05) is 0 Å². The van der Waals surface area contributed by atoms with Gasteiger partial charge in [-0.1, -0.05) is 0 Å². The van der Waals surface area contributed by atoms with Crippen LogP contribution in [-0.2, 0) is 0 Å². The quantitative estimate of drug-likeness (QED) is 0.610. The average Bonchev–Trinajstić information content (AvgIpc) is 1.36. The van der Waals surface area contributed by atoms with Crippen LogP contribution in [0.3, 0.4) is 0 Å². The third-order valence-corrected chi connectivity index (χ3v) is 0.878. The number of halogens is 2. The van der Waals surface area contributed by atoms with Crippen LogP contribution in [0.5, 0.6) is 0 Å². The van der Waals surface area contributed by atoms with Crippen LogP contribution in [0.15, 0.2) is 9.34 Å². The maximum absolute atomic E-state index is 7.97. The summed E-state index contributed by atoms with van der Waals surface area (Å²) in [4.78, 5) is 0. The van der Waals surface area contributed by atoms with E-state index in [-0.39, 0.29) is 3.39 Å². The van der Waals surface area contributed by atoms with Gasteiger partial charge in [0.2, 0.25) is 0 Å². The van der Waals surface area contributed by atoms with E-state index in [1.165, 1.54) is 0 Å². The molecule has 0 aromatic rings. The van der Waals surface area contributed by atoms with Crippen molar-refractivity contribution in [2.45, 2.75) is 0 Å². The van der Waals surface area contributed by atoms with E-state index in [1.807, 2.05) is 0 Å². The Morgan fingerprint density at radius 2 is 1.33 bits per heavy atom. The average molecular weight is 218 g/mol. The van der Waals surface area contributed by atoms with Gasteiger partial charge >= 0.3 is 0 Å². The Labute approximate surface area is 51.7 Å². The maximum atomic E-state index is 7.97. The summed E-state index contributed by atoms with van der Waals surface area (Å²) >= 11 is 5.47. The lowest BCUT2D eigenvalue weighted by atomic mass is 11.1. The third kappa shape index (κ3) is 2.53. The Bertz CT molecular complexity index is 59.6. The fourth-order valence-electron chi connectivity index (χ4n) is 0. The first kappa shape index (κ1) is 6.30. The molecule has 4 heteroatoms. The molecule has 0 aliphatic rings. The van der Waals surface area contributed by atoms with Crippen LogP contribution in [0, 0.1) is 0 Å². The number of hydrogen-bond donors (Lipinski definition) is 2. The SMILES string of the molecule is OC(O)=C(Br)Br. The van der Waals surface area contributed by atoms with Crippen LogP contribution >= 0.6 is 31.9 Å². The van der Waals surface area contributed by atoms with Crippen molar-refractivity contribution >= 4 is 31.9 Å². The zero-order valence-electron chi connectivity index (χ0n) is 2.65. The first-order valence-corrected chi connectivity index (χ1v) is 2.66. The normalized spacial score (nSPS) is 7.67. The van der Waals surface area contributed by atoms with Crippen LogP contribution in [0.1, 0.15) is 0 Å². The first-order chi connectivity index (χ1) is 2.64. The number of hydrogen-bond acceptors (Lipinski definition) is 2. The standard InChI is InChI=1S/C2H2Br2O2/c3-1(4)2(5)6/h5-6H. The molecule has 2 nitrogen and oxygen atoms in total. The molecule has 0 rings (SSSR count). The molecule has 0 fully saturated rings. The molecule has 0 spiro atoms. The summed E-state index contributed by atoms with van der Waals surface area (Å²) < 4.78 is 0.162. The van der Waals surface area contributed by atoms with E-state index in [0.717, 1.165) is 0 Å². The van der Waals surface area contributed by atoms with Crippen molar-refractivity contribution in [2.24, 2.45) is 0 Å². The fourth-order valence-corrected chi connectivity index (χ4v) is 0. The van der Waals surface area contributed by atoms with Gasteiger partial charge in [-0.25, -0.2) is 0 Å². The zero-order valence-corrected chi connectivity index (χ0v) is 5.82. The van der Waals surface area contributed by atoms with Crippen molar-refractivity contribution in [3.05, 3.63) is 9.34 Å². The molecule has 0 saturated carbocycles. The highest BCUT2D eigenvalue weighted by Crippen LogP contribution is 2.14. The van der Waals surface area contributed by atoms with Crippen LogP contribution in [0.4, 0.5) is 0 Å². The predicted octanol–water partition coefficient (Wildman–Crippen LogP) is 2.02. The lowest BCUT2D eigenvalue weighted by Crippen LogP contribution is -1.71. The van der Waals surface area contributed by atoms with Gasteiger partial charge in [-0.3, -0.25) is 0 Å². The molecule has 0 aliphatic carbocycles. The lowest BCUT2D eigenvalue weighted by molar-refractivity contribution is 0.192. The van der Waals surface area contributed by atoms with Crippen molar-refractivity contribution in [1.82, 2.24) is 0 Å². The van der Waals surface area contributed by atoms with Gasteiger partial charge < -0.3 is 10.2 Å². The van der Waals surface area contributed by atoms with E-state index in [9.17, 15) is 0 Å². The van der Waals surface area contributed by atoms with E-state index in [4.69, 9.17) is 10.2 Å². The minimum absolute atomic E-state index is 0.162. The minimum Gasteiger partial charge on any atom is -0.480 e. The summed E-state index contributed by atoms with van der Waals surface area (Å²) in [7, 11) is 0. The van der Waals surface area contributed by atoms with Gasteiger partial charge in [0.25, 0.3) is 5.95 Å². The van der Waals surface area contributed by atoms with Gasteiger partial charge in [-0.05, 0) is 31.9 Å². The van der Waals surface area contributed by atoms with E-state index >= 15 is 0 Å². The molecule has 0 unspecified atom stereocenters. The molecule has 6 heavy (non-hydrogen) atoms. The molecular formula is C2H2Br2O2. The van der Waals surface area contributed by atoms with Gasteiger partial charge in [-0.15, -0.1) is 0 Å². The number of aliphatic hydroxyl groups excluding tert-OH is 1. The molecule has 36 valence electrons. The summed E-state index contributed by atoms with van der Waals surface area (Å²) in [5.74, 6) is -0.741. The van der Waals surface area contributed by atoms with Crippen LogP contribution < -0.4 is 0 Å². The number of rotatable bonds is 0. The second kappa shape index (κ2) is 2.47. The first-order valence-electron chi connectivity index (χ1n) is 1.08. The van der Waals surface area contributed by atoms with Crippen LogP contribution in [-0.4, -0.2) is 10.2 Å². The molecule has 0 aromatic heterocycles. The second-order valence-corrected chi connectivity index (χ2v) is 3.23. The lowest BCUT2D eigenvalue weighted by Gasteiger charge is -1.81. The highest BCUT2D eigenvalue weighted by atomic mass is 79.9. The van der Waals surface area contributed by atoms with Gasteiger partial charge in [0.1, 0.15) is 3.39 Å². The molecule has 0 aromatic carbocycles. The van der Waals surface area contributed by atoms with Crippen LogP contribution in [0.2, 0.25) is 0 Å². The van der Waals surface area contributed by atoms with E-state index in [2.05, 4.69) is 31.9 Å². The van der Waals surface area contributed by atoms with E-state index in [1.54, 1.807) is 0 Å². The fraction of sp³-hybridized carbons (Fsp3) is 0. The number of aliphatic hydroxyl groups is 2. The Kier molecular flexibility index (Phi) is 2.59. The largest absolute Gasteiger partial charge is 0.480 e. The predicted molar refractivity (Wildman–Crippen MR) is 30.1 cm³/mol. The van der Waals surface area contributed by atoms with Crippen LogP contribution in [0.25, 0.3) is 0 Å². The van der Waals surface area contributed by atoms with Gasteiger partial charge in [-0.2, -0.15) is 0 Å². The Hall–Kier alpha value is 0.300. The molecule has 0 heterocycles. The monoisotopic (exact) mass is 216 g/mol. The Morgan fingerprint density at radius 1 is 1.17 bits per heavy atom. The van der Waals surface area contributed by atoms with Crippen molar-refractivity contribution in [3.63, 3.8) is 0 Å².